The van der Waals surface area contributed by atoms with Crippen LogP contribution < -0.4 is 10.9 Å². The van der Waals surface area contributed by atoms with E-state index in [9.17, 15) is 0 Å². The van der Waals surface area contributed by atoms with Gasteiger partial charge >= 0.3 is 0 Å². The molecule has 0 amide bonds. The zero-order valence-electron chi connectivity index (χ0n) is 8.66. The van der Waals surface area contributed by atoms with E-state index in [-0.39, 0.29) is 0 Å². The largest absolute Gasteiger partial charge is 0.261 e. The molecule has 0 bridgehead atoms. The van der Waals surface area contributed by atoms with Crippen LogP contribution in [0.4, 0.5) is 0 Å². The summed E-state index contributed by atoms with van der Waals surface area (Å²) in [5.74, 6) is 0. The third kappa shape index (κ3) is 9.92. The van der Waals surface area contributed by atoms with Crippen LogP contribution in [0.1, 0.15) is 51.9 Å². The monoisotopic (exact) mass is 172 g/mol. The summed E-state index contributed by atoms with van der Waals surface area (Å²) < 4.78 is 0. The molecule has 0 aliphatic rings. The van der Waals surface area contributed by atoms with Gasteiger partial charge in [-0.3, -0.25) is 10.9 Å². The molecule has 0 aliphatic carbocycles. The van der Waals surface area contributed by atoms with E-state index in [0.717, 1.165) is 6.54 Å². The molecule has 0 heterocycles. The summed E-state index contributed by atoms with van der Waals surface area (Å²) in [4.78, 5) is 0. The standard InChI is InChI=1S/C10H24N2/c1-3-4-5-6-7-8-9-10-12-11-2/h11-12H,3-10H2,1-2H3. The molecule has 0 rings (SSSR count). The normalized spacial score (nSPS) is 10.5. The average molecular weight is 172 g/mol. The molecule has 2 nitrogen and oxygen atoms in total. The lowest BCUT2D eigenvalue weighted by molar-refractivity contribution is 0.532. The summed E-state index contributed by atoms with van der Waals surface area (Å²) in [7, 11) is 1.92. The van der Waals surface area contributed by atoms with E-state index in [1.165, 1.54) is 44.9 Å². The number of hydrogen-bond donors (Lipinski definition) is 2. The molecule has 2 N–H and O–H groups in total. The fraction of sp³-hybridized carbons (Fsp3) is 1.00. The van der Waals surface area contributed by atoms with Crippen LogP contribution in [-0.2, 0) is 0 Å². The summed E-state index contributed by atoms with van der Waals surface area (Å²) in [5, 5.41) is 0. The van der Waals surface area contributed by atoms with E-state index < -0.39 is 0 Å². The quantitative estimate of drug-likeness (QED) is 0.412. The molecule has 2 heteroatoms. The maximum Gasteiger partial charge on any atom is 0.00996 e. The van der Waals surface area contributed by atoms with Gasteiger partial charge in [-0.05, 0) is 13.5 Å². The van der Waals surface area contributed by atoms with Gasteiger partial charge in [-0.15, -0.1) is 0 Å². The van der Waals surface area contributed by atoms with Crippen molar-refractivity contribution in [3.8, 4) is 0 Å². The van der Waals surface area contributed by atoms with E-state index in [1.54, 1.807) is 0 Å². The molecule has 0 radical (unpaired) electrons. The van der Waals surface area contributed by atoms with E-state index >= 15 is 0 Å². The van der Waals surface area contributed by atoms with Crippen molar-refractivity contribution < 1.29 is 0 Å². The minimum Gasteiger partial charge on any atom is -0.261 e. The van der Waals surface area contributed by atoms with Gasteiger partial charge in [0.05, 0.1) is 0 Å². The summed E-state index contributed by atoms with van der Waals surface area (Å²) in [6, 6.07) is 0. The Hall–Kier alpha value is -0.0800. The Morgan fingerprint density at radius 1 is 0.833 bits per heavy atom. The molecule has 0 saturated heterocycles. The van der Waals surface area contributed by atoms with Gasteiger partial charge in [0.2, 0.25) is 0 Å². The zero-order chi connectivity index (χ0) is 9.07. The van der Waals surface area contributed by atoms with Crippen LogP contribution in [0.25, 0.3) is 0 Å². The topological polar surface area (TPSA) is 24.1 Å². The molecule has 12 heavy (non-hydrogen) atoms. The van der Waals surface area contributed by atoms with Gasteiger partial charge in [0.15, 0.2) is 0 Å². The van der Waals surface area contributed by atoms with Crippen LogP contribution in [0.3, 0.4) is 0 Å². The Kier molecular flexibility index (Phi) is 10.8. The van der Waals surface area contributed by atoms with Gasteiger partial charge in [-0.25, -0.2) is 0 Å². The molecular weight excluding hydrogens is 148 g/mol. The highest BCUT2D eigenvalue weighted by Gasteiger charge is 1.89. The van der Waals surface area contributed by atoms with E-state index in [1.807, 2.05) is 7.05 Å². The fourth-order valence-corrected chi connectivity index (χ4v) is 1.30. The van der Waals surface area contributed by atoms with Gasteiger partial charge in [-0.2, -0.15) is 0 Å². The van der Waals surface area contributed by atoms with Crippen molar-refractivity contribution in [2.45, 2.75) is 51.9 Å². The van der Waals surface area contributed by atoms with Crippen LogP contribution in [0.5, 0.6) is 0 Å². The number of rotatable bonds is 9. The second-order valence-electron chi connectivity index (χ2n) is 3.30. The van der Waals surface area contributed by atoms with Crippen molar-refractivity contribution in [3.05, 3.63) is 0 Å². The van der Waals surface area contributed by atoms with Crippen LogP contribution >= 0.6 is 0 Å². The number of unbranched alkanes of at least 4 members (excludes halogenated alkanes) is 6. The summed E-state index contributed by atoms with van der Waals surface area (Å²) >= 11 is 0. The molecule has 0 aromatic carbocycles. The highest BCUT2D eigenvalue weighted by atomic mass is 15.3. The first kappa shape index (κ1) is 11.9. The maximum absolute atomic E-state index is 3.10. The maximum atomic E-state index is 3.10. The van der Waals surface area contributed by atoms with Gasteiger partial charge in [-0.1, -0.05) is 45.4 Å². The van der Waals surface area contributed by atoms with Crippen molar-refractivity contribution >= 4 is 0 Å². The molecule has 0 aromatic heterocycles. The first-order valence-corrected chi connectivity index (χ1v) is 5.31. The molecule has 0 fully saturated rings. The van der Waals surface area contributed by atoms with E-state index in [0.29, 0.717) is 0 Å². The van der Waals surface area contributed by atoms with Crippen molar-refractivity contribution in [3.63, 3.8) is 0 Å². The SMILES string of the molecule is CCCCCCCCCNNC. The van der Waals surface area contributed by atoms with Crippen LogP contribution in [0.2, 0.25) is 0 Å². The van der Waals surface area contributed by atoms with E-state index in [4.69, 9.17) is 0 Å². The van der Waals surface area contributed by atoms with Gasteiger partial charge in [0, 0.05) is 6.54 Å². The lowest BCUT2D eigenvalue weighted by Gasteiger charge is -2.02. The molecule has 0 unspecified atom stereocenters. The third-order valence-electron chi connectivity index (χ3n) is 2.08. The predicted molar refractivity (Wildman–Crippen MR) is 55.1 cm³/mol. The summed E-state index contributed by atoms with van der Waals surface area (Å²) in [6.07, 6.45) is 9.69. The van der Waals surface area contributed by atoms with Gasteiger partial charge in [0.25, 0.3) is 0 Å². The average Bonchev–Trinajstić information content (AvgIpc) is 2.10. The highest BCUT2D eigenvalue weighted by molar-refractivity contribution is 4.46. The molecular formula is C10H24N2. The molecule has 0 atom stereocenters. The Balaban J connectivity index is 2.73. The zero-order valence-corrected chi connectivity index (χ0v) is 8.66. The number of hydrazine groups is 1. The summed E-state index contributed by atoms with van der Waals surface area (Å²) in [6.45, 7) is 3.36. The predicted octanol–water partition coefficient (Wildman–Crippen LogP) is 2.46. The highest BCUT2D eigenvalue weighted by Crippen LogP contribution is 2.05. The second-order valence-corrected chi connectivity index (χ2v) is 3.30. The van der Waals surface area contributed by atoms with Crippen LogP contribution in [-0.4, -0.2) is 13.6 Å². The first-order valence-electron chi connectivity index (χ1n) is 5.31. The first-order chi connectivity index (χ1) is 5.91. The Morgan fingerprint density at radius 3 is 2.00 bits per heavy atom. The smallest absolute Gasteiger partial charge is 0.00996 e. The minimum absolute atomic E-state index is 1.10. The van der Waals surface area contributed by atoms with Gasteiger partial charge in [0.1, 0.15) is 0 Å². The lowest BCUT2D eigenvalue weighted by Crippen LogP contribution is -2.28. The molecule has 0 aliphatic heterocycles. The van der Waals surface area contributed by atoms with Crippen LogP contribution in [0, 0.1) is 0 Å². The molecule has 0 aromatic rings. The Labute approximate surface area is 77.1 Å². The van der Waals surface area contributed by atoms with Crippen LogP contribution in [0.15, 0.2) is 0 Å². The second kappa shape index (κ2) is 10.9. The minimum atomic E-state index is 1.10. The Morgan fingerprint density at radius 2 is 1.42 bits per heavy atom. The number of nitrogens with one attached hydrogen (secondary N) is 2. The lowest BCUT2D eigenvalue weighted by atomic mass is 10.1. The fourth-order valence-electron chi connectivity index (χ4n) is 1.30. The third-order valence-corrected chi connectivity index (χ3v) is 2.08. The van der Waals surface area contributed by atoms with Crippen molar-refractivity contribution in [2.24, 2.45) is 0 Å². The number of hydrogen-bond acceptors (Lipinski definition) is 2. The molecule has 0 saturated carbocycles. The van der Waals surface area contributed by atoms with Crippen molar-refractivity contribution in [1.82, 2.24) is 10.9 Å². The summed E-state index contributed by atoms with van der Waals surface area (Å²) in [5.41, 5.74) is 6.03. The molecule has 0 spiro atoms. The van der Waals surface area contributed by atoms with E-state index in [2.05, 4.69) is 17.8 Å². The van der Waals surface area contributed by atoms with Crippen molar-refractivity contribution in [2.75, 3.05) is 13.6 Å². The molecule has 74 valence electrons. The van der Waals surface area contributed by atoms with Gasteiger partial charge < -0.3 is 0 Å². The Bertz CT molecular complexity index is 64.2. The van der Waals surface area contributed by atoms with Crippen molar-refractivity contribution in [1.29, 1.82) is 0 Å².